The molecule has 11 heteroatoms. The fourth-order valence-corrected chi connectivity index (χ4v) is 4.39. The molecule has 1 saturated heterocycles. The monoisotopic (exact) mass is 446 g/mol. The van der Waals surface area contributed by atoms with Crippen molar-refractivity contribution in [3.05, 3.63) is 46.7 Å². The van der Waals surface area contributed by atoms with Crippen molar-refractivity contribution in [1.29, 1.82) is 0 Å². The van der Waals surface area contributed by atoms with Crippen LogP contribution in [-0.4, -0.2) is 67.4 Å². The molecule has 1 amide bonds. The van der Waals surface area contributed by atoms with Crippen molar-refractivity contribution in [3.63, 3.8) is 0 Å². The number of amides is 1. The van der Waals surface area contributed by atoms with Crippen LogP contribution in [0.1, 0.15) is 11.4 Å². The Hall–Kier alpha value is -2.72. The van der Waals surface area contributed by atoms with Gasteiger partial charge in [-0.1, -0.05) is 29.4 Å². The number of thioether (sulfide) groups is 1. The van der Waals surface area contributed by atoms with Crippen LogP contribution in [0.4, 0.5) is 5.69 Å². The molecule has 1 aromatic carbocycles. The fourth-order valence-electron chi connectivity index (χ4n) is 3.45. The first-order valence-electron chi connectivity index (χ1n) is 9.57. The van der Waals surface area contributed by atoms with Crippen LogP contribution in [0.25, 0.3) is 5.95 Å². The van der Waals surface area contributed by atoms with Gasteiger partial charge in [0.1, 0.15) is 0 Å². The second kappa shape index (κ2) is 8.57. The summed E-state index contributed by atoms with van der Waals surface area (Å²) in [7, 11) is 0. The second-order valence-corrected chi connectivity index (χ2v) is 8.51. The lowest BCUT2D eigenvalue weighted by molar-refractivity contribution is -0.128. The summed E-state index contributed by atoms with van der Waals surface area (Å²) in [5.74, 6) is 6.87. The average molecular weight is 447 g/mol. The standard InChI is InChI=1S/C19H23ClN8OS/c1-13-10-14(2)28(24-13)18-22-23-19(27(18)21)30-12-17(29)26-8-6-25(7-9-26)16-5-3-4-15(20)11-16/h3-5,10-11H,6-9,12,21H2,1-2H3. The molecule has 158 valence electrons. The number of halogens is 1. The molecule has 0 bridgehead atoms. The van der Waals surface area contributed by atoms with E-state index in [-0.39, 0.29) is 11.7 Å². The summed E-state index contributed by atoms with van der Waals surface area (Å²) in [6, 6.07) is 9.72. The molecular weight excluding hydrogens is 424 g/mol. The third-order valence-electron chi connectivity index (χ3n) is 4.98. The van der Waals surface area contributed by atoms with E-state index in [1.807, 2.05) is 49.1 Å². The van der Waals surface area contributed by atoms with Crippen molar-refractivity contribution in [2.24, 2.45) is 0 Å². The minimum Gasteiger partial charge on any atom is -0.368 e. The van der Waals surface area contributed by atoms with E-state index in [4.69, 9.17) is 17.4 Å². The van der Waals surface area contributed by atoms with E-state index >= 15 is 0 Å². The maximum atomic E-state index is 12.7. The predicted octanol–water partition coefficient (Wildman–Crippen LogP) is 1.89. The number of nitrogens with zero attached hydrogens (tertiary/aromatic N) is 7. The zero-order valence-corrected chi connectivity index (χ0v) is 18.4. The summed E-state index contributed by atoms with van der Waals surface area (Å²) >= 11 is 7.36. The van der Waals surface area contributed by atoms with E-state index < -0.39 is 0 Å². The number of carbonyl (C=O) groups excluding carboxylic acids is 1. The van der Waals surface area contributed by atoms with Crippen LogP contribution in [0, 0.1) is 13.8 Å². The van der Waals surface area contributed by atoms with Gasteiger partial charge >= 0.3 is 0 Å². The highest BCUT2D eigenvalue weighted by molar-refractivity contribution is 7.99. The number of aryl methyl sites for hydroxylation is 2. The molecule has 0 saturated carbocycles. The smallest absolute Gasteiger partial charge is 0.271 e. The van der Waals surface area contributed by atoms with Crippen LogP contribution in [-0.2, 0) is 4.79 Å². The molecular formula is C19H23ClN8OS. The molecule has 0 aliphatic carbocycles. The average Bonchev–Trinajstić information content (AvgIpc) is 3.26. The molecule has 3 heterocycles. The molecule has 2 aromatic heterocycles. The van der Waals surface area contributed by atoms with E-state index in [1.54, 1.807) is 4.68 Å². The highest BCUT2D eigenvalue weighted by atomic mass is 35.5. The third kappa shape index (κ3) is 4.24. The normalized spacial score (nSPS) is 14.4. The maximum absolute atomic E-state index is 12.7. The summed E-state index contributed by atoms with van der Waals surface area (Å²) < 4.78 is 3.01. The Bertz CT molecular complexity index is 1060. The van der Waals surface area contributed by atoms with E-state index in [1.165, 1.54) is 16.4 Å². The zero-order chi connectivity index (χ0) is 21.3. The van der Waals surface area contributed by atoms with E-state index in [2.05, 4.69) is 20.2 Å². The summed E-state index contributed by atoms with van der Waals surface area (Å²) in [6.07, 6.45) is 0. The minimum atomic E-state index is 0.0569. The molecule has 0 unspecified atom stereocenters. The Morgan fingerprint density at radius 2 is 1.93 bits per heavy atom. The lowest BCUT2D eigenvalue weighted by Gasteiger charge is -2.36. The first-order chi connectivity index (χ1) is 14.4. The van der Waals surface area contributed by atoms with Crippen LogP contribution >= 0.6 is 23.4 Å². The van der Waals surface area contributed by atoms with Crippen LogP contribution in [0.15, 0.2) is 35.5 Å². The molecule has 0 spiro atoms. The number of nitrogens with two attached hydrogens (primary N) is 1. The van der Waals surface area contributed by atoms with Crippen molar-refractivity contribution in [2.75, 3.05) is 42.7 Å². The number of anilines is 1. The van der Waals surface area contributed by atoms with Crippen LogP contribution in [0.2, 0.25) is 5.02 Å². The van der Waals surface area contributed by atoms with Gasteiger partial charge in [0.2, 0.25) is 11.1 Å². The SMILES string of the molecule is Cc1cc(C)n(-c2nnc(SCC(=O)N3CCN(c4cccc(Cl)c4)CC3)n2N)n1. The van der Waals surface area contributed by atoms with Crippen molar-refractivity contribution < 1.29 is 4.79 Å². The van der Waals surface area contributed by atoms with Gasteiger partial charge in [0.25, 0.3) is 5.95 Å². The maximum Gasteiger partial charge on any atom is 0.271 e. The molecule has 1 aliphatic rings. The Morgan fingerprint density at radius 3 is 2.60 bits per heavy atom. The first-order valence-corrected chi connectivity index (χ1v) is 10.9. The lowest BCUT2D eigenvalue weighted by Crippen LogP contribution is -2.49. The van der Waals surface area contributed by atoms with Crippen molar-refractivity contribution in [3.8, 4) is 5.95 Å². The summed E-state index contributed by atoms with van der Waals surface area (Å²) in [4.78, 5) is 16.8. The van der Waals surface area contributed by atoms with Gasteiger partial charge in [-0.25, -0.2) is 9.36 Å². The zero-order valence-electron chi connectivity index (χ0n) is 16.8. The van der Waals surface area contributed by atoms with E-state index in [9.17, 15) is 4.79 Å². The van der Waals surface area contributed by atoms with Crippen LogP contribution in [0.3, 0.4) is 0 Å². The Labute approximate surface area is 183 Å². The van der Waals surface area contributed by atoms with E-state index in [0.717, 1.165) is 30.2 Å². The van der Waals surface area contributed by atoms with Crippen molar-refractivity contribution in [1.82, 2.24) is 29.6 Å². The number of aromatic nitrogens is 5. The molecule has 2 N–H and O–H groups in total. The van der Waals surface area contributed by atoms with Crippen LogP contribution < -0.4 is 10.7 Å². The quantitative estimate of drug-likeness (QED) is 0.472. The van der Waals surface area contributed by atoms with Crippen molar-refractivity contribution >= 4 is 35.0 Å². The molecule has 1 fully saturated rings. The van der Waals surface area contributed by atoms with Gasteiger partial charge in [0.05, 0.1) is 11.4 Å². The summed E-state index contributed by atoms with van der Waals surface area (Å²) in [5, 5.41) is 13.8. The Kier molecular flexibility index (Phi) is 5.87. The Balaban J connectivity index is 1.33. The van der Waals surface area contributed by atoms with Gasteiger partial charge in [-0.2, -0.15) is 5.10 Å². The number of carbonyl (C=O) groups is 1. The fraction of sp³-hybridized carbons (Fsp3) is 0.368. The molecule has 0 atom stereocenters. The summed E-state index contributed by atoms with van der Waals surface area (Å²) in [5.41, 5.74) is 2.87. The number of nitrogen functional groups attached to an aromatic ring is 1. The van der Waals surface area contributed by atoms with Crippen molar-refractivity contribution in [2.45, 2.75) is 19.0 Å². The highest BCUT2D eigenvalue weighted by Crippen LogP contribution is 2.22. The third-order valence-corrected chi connectivity index (χ3v) is 6.14. The largest absolute Gasteiger partial charge is 0.368 e. The number of benzene rings is 1. The van der Waals surface area contributed by atoms with E-state index in [0.29, 0.717) is 29.2 Å². The first kappa shape index (κ1) is 20.5. The van der Waals surface area contributed by atoms with Gasteiger partial charge in [-0.05, 0) is 38.1 Å². The second-order valence-electron chi connectivity index (χ2n) is 7.13. The molecule has 3 aromatic rings. The van der Waals surface area contributed by atoms with Gasteiger partial charge in [0, 0.05) is 42.6 Å². The lowest BCUT2D eigenvalue weighted by atomic mass is 10.2. The predicted molar refractivity (Wildman–Crippen MR) is 118 cm³/mol. The topological polar surface area (TPSA) is 98.1 Å². The minimum absolute atomic E-state index is 0.0569. The van der Waals surface area contributed by atoms with Gasteiger partial charge in [-0.3, -0.25) is 4.79 Å². The number of piperazine rings is 1. The highest BCUT2D eigenvalue weighted by Gasteiger charge is 2.23. The van der Waals surface area contributed by atoms with Gasteiger partial charge < -0.3 is 15.6 Å². The number of rotatable bonds is 5. The van der Waals surface area contributed by atoms with Gasteiger partial charge in [-0.15, -0.1) is 10.2 Å². The summed E-state index contributed by atoms with van der Waals surface area (Å²) in [6.45, 7) is 6.70. The molecule has 4 rings (SSSR count). The number of hydrogen-bond acceptors (Lipinski definition) is 7. The molecule has 30 heavy (non-hydrogen) atoms. The van der Waals surface area contributed by atoms with Gasteiger partial charge in [0.15, 0.2) is 0 Å². The number of hydrogen-bond donors (Lipinski definition) is 1. The Morgan fingerprint density at radius 1 is 1.17 bits per heavy atom. The molecule has 1 aliphatic heterocycles. The molecule has 0 radical (unpaired) electrons. The van der Waals surface area contributed by atoms with Crippen LogP contribution in [0.5, 0.6) is 0 Å². The molecule has 9 nitrogen and oxygen atoms in total.